The van der Waals surface area contributed by atoms with Crippen molar-refractivity contribution >= 4 is 11.6 Å². The summed E-state index contributed by atoms with van der Waals surface area (Å²) in [6.45, 7) is -0.0205. The van der Waals surface area contributed by atoms with Gasteiger partial charge in [0.15, 0.2) is 0 Å². The first-order valence-corrected chi connectivity index (χ1v) is 6.80. The summed E-state index contributed by atoms with van der Waals surface area (Å²) in [5, 5.41) is 12.2. The first-order valence-electron chi connectivity index (χ1n) is 6.80. The highest BCUT2D eigenvalue weighted by molar-refractivity contribution is 5.62. The van der Waals surface area contributed by atoms with Gasteiger partial charge >= 0.3 is 0 Å². The third-order valence-corrected chi connectivity index (χ3v) is 3.14. The summed E-state index contributed by atoms with van der Waals surface area (Å²) in [4.78, 5) is 8.56. The quantitative estimate of drug-likeness (QED) is 0.773. The molecule has 2 aromatic carbocycles. The molecule has 3 rings (SSSR count). The number of halogens is 1. The van der Waals surface area contributed by atoms with Crippen LogP contribution in [0.15, 0.2) is 60.8 Å². The number of hydrogen-bond donors (Lipinski definition) is 2. The second kappa shape index (κ2) is 6.32. The zero-order valence-corrected chi connectivity index (χ0v) is 11.7. The van der Waals surface area contributed by atoms with Gasteiger partial charge in [-0.25, -0.2) is 14.4 Å². The van der Waals surface area contributed by atoms with Gasteiger partial charge in [0.2, 0.25) is 5.95 Å². The molecule has 1 aromatic heterocycles. The van der Waals surface area contributed by atoms with Crippen molar-refractivity contribution in [3.05, 3.63) is 72.2 Å². The Morgan fingerprint density at radius 1 is 1.05 bits per heavy atom. The predicted molar refractivity (Wildman–Crippen MR) is 83.1 cm³/mol. The molecule has 0 aliphatic carbocycles. The fourth-order valence-electron chi connectivity index (χ4n) is 2.10. The van der Waals surface area contributed by atoms with Crippen LogP contribution in [0.3, 0.4) is 0 Å². The van der Waals surface area contributed by atoms with E-state index < -0.39 is 0 Å². The summed E-state index contributed by atoms with van der Waals surface area (Å²) >= 11 is 0. The molecular weight excluding hydrogens is 281 g/mol. The van der Waals surface area contributed by atoms with E-state index in [1.807, 2.05) is 24.3 Å². The van der Waals surface area contributed by atoms with Crippen LogP contribution >= 0.6 is 0 Å². The maximum absolute atomic E-state index is 13.2. The summed E-state index contributed by atoms with van der Waals surface area (Å²) in [5.41, 5.74) is 3.01. The number of rotatable bonds is 4. The summed E-state index contributed by atoms with van der Waals surface area (Å²) in [5.74, 6) is 0.0642. The fourth-order valence-corrected chi connectivity index (χ4v) is 2.10. The average molecular weight is 295 g/mol. The Bertz CT molecular complexity index is 792. The zero-order valence-electron chi connectivity index (χ0n) is 11.7. The number of nitrogens with one attached hydrogen (secondary N) is 1. The van der Waals surface area contributed by atoms with Gasteiger partial charge in [0.1, 0.15) is 5.82 Å². The molecule has 0 fully saturated rings. The van der Waals surface area contributed by atoms with E-state index in [0.29, 0.717) is 11.6 Å². The number of benzene rings is 2. The lowest BCUT2D eigenvalue weighted by atomic mass is 10.1. The highest BCUT2D eigenvalue weighted by atomic mass is 19.1. The number of nitrogens with zero attached hydrogens (tertiary/aromatic N) is 2. The molecule has 0 unspecified atom stereocenters. The molecule has 3 aromatic rings. The maximum Gasteiger partial charge on any atom is 0.227 e. The number of hydrogen-bond acceptors (Lipinski definition) is 4. The molecule has 0 atom stereocenters. The average Bonchev–Trinajstić information content (AvgIpc) is 2.55. The minimum Gasteiger partial charge on any atom is -0.392 e. The smallest absolute Gasteiger partial charge is 0.227 e. The molecule has 5 heteroatoms. The summed E-state index contributed by atoms with van der Waals surface area (Å²) in [7, 11) is 0. The molecule has 0 saturated carbocycles. The Morgan fingerprint density at radius 3 is 2.73 bits per heavy atom. The Kier molecular flexibility index (Phi) is 4.07. The topological polar surface area (TPSA) is 58.0 Å². The van der Waals surface area contributed by atoms with Crippen molar-refractivity contribution in [3.63, 3.8) is 0 Å². The van der Waals surface area contributed by atoms with Gasteiger partial charge in [-0.2, -0.15) is 0 Å². The van der Waals surface area contributed by atoms with Crippen LogP contribution < -0.4 is 5.32 Å². The molecule has 0 bridgehead atoms. The van der Waals surface area contributed by atoms with Crippen molar-refractivity contribution in [1.82, 2.24) is 9.97 Å². The van der Waals surface area contributed by atoms with E-state index in [4.69, 9.17) is 0 Å². The lowest BCUT2D eigenvalue weighted by molar-refractivity contribution is 0.282. The van der Waals surface area contributed by atoms with E-state index in [1.54, 1.807) is 24.4 Å². The van der Waals surface area contributed by atoms with Crippen molar-refractivity contribution < 1.29 is 9.50 Å². The second-order valence-corrected chi connectivity index (χ2v) is 4.76. The van der Waals surface area contributed by atoms with Crippen LogP contribution in [0.2, 0.25) is 0 Å². The fraction of sp³-hybridized carbons (Fsp3) is 0.0588. The van der Waals surface area contributed by atoms with Gasteiger partial charge in [-0.3, -0.25) is 0 Å². The molecule has 4 nitrogen and oxygen atoms in total. The SMILES string of the molecule is OCc1cccc(-c2ccnc(Nc3cccc(F)c3)n2)c1. The minimum absolute atomic E-state index is 0.0205. The van der Waals surface area contributed by atoms with Gasteiger partial charge in [0.25, 0.3) is 0 Å². The molecule has 1 heterocycles. The molecule has 2 N–H and O–H groups in total. The van der Waals surface area contributed by atoms with Crippen molar-refractivity contribution in [2.24, 2.45) is 0 Å². The van der Waals surface area contributed by atoms with Crippen LogP contribution in [-0.4, -0.2) is 15.1 Å². The van der Waals surface area contributed by atoms with Crippen molar-refractivity contribution in [2.75, 3.05) is 5.32 Å². The molecule has 0 radical (unpaired) electrons. The van der Waals surface area contributed by atoms with Crippen LogP contribution in [0, 0.1) is 5.82 Å². The molecule has 0 aliphatic heterocycles. The van der Waals surface area contributed by atoms with E-state index in [9.17, 15) is 9.50 Å². The third kappa shape index (κ3) is 3.27. The van der Waals surface area contributed by atoms with Crippen molar-refractivity contribution in [2.45, 2.75) is 6.61 Å². The molecule has 0 spiro atoms. The van der Waals surface area contributed by atoms with E-state index in [1.165, 1.54) is 12.1 Å². The number of aromatic nitrogens is 2. The summed E-state index contributed by atoms with van der Waals surface area (Å²) in [6, 6.07) is 15.4. The summed E-state index contributed by atoms with van der Waals surface area (Å²) < 4.78 is 13.2. The summed E-state index contributed by atoms with van der Waals surface area (Å²) in [6.07, 6.45) is 1.63. The Morgan fingerprint density at radius 2 is 1.91 bits per heavy atom. The van der Waals surface area contributed by atoms with E-state index in [2.05, 4.69) is 15.3 Å². The van der Waals surface area contributed by atoms with Gasteiger partial charge < -0.3 is 10.4 Å². The Labute approximate surface area is 127 Å². The largest absolute Gasteiger partial charge is 0.392 e. The second-order valence-electron chi connectivity index (χ2n) is 4.76. The van der Waals surface area contributed by atoms with Crippen molar-refractivity contribution in [1.29, 1.82) is 0 Å². The highest BCUT2D eigenvalue weighted by Gasteiger charge is 2.04. The molecule has 110 valence electrons. The highest BCUT2D eigenvalue weighted by Crippen LogP contribution is 2.20. The lowest BCUT2D eigenvalue weighted by Gasteiger charge is -2.07. The van der Waals surface area contributed by atoms with E-state index in [-0.39, 0.29) is 12.4 Å². The zero-order chi connectivity index (χ0) is 15.4. The van der Waals surface area contributed by atoms with E-state index in [0.717, 1.165) is 16.8 Å². The van der Waals surface area contributed by atoms with Gasteiger partial charge in [-0.15, -0.1) is 0 Å². The Hall–Kier alpha value is -2.79. The monoisotopic (exact) mass is 295 g/mol. The van der Waals surface area contributed by atoms with Crippen LogP contribution in [0.1, 0.15) is 5.56 Å². The van der Waals surface area contributed by atoms with Gasteiger partial charge in [-0.05, 0) is 35.9 Å². The first kappa shape index (κ1) is 14.2. The van der Waals surface area contributed by atoms with Gasteiger partial charge in [0, 0.05) is 17.4 Å². The van der Waals surface area contributed by atoms with Crippen LogP contribution in [0.4, 0.5) is 16.0 Å². The van der Waals surface area contributed by atoms with Crippen LogP contribution in [0.25, 0.3) is 11.3 Å². The minimum atomic E-state index is -0.322. The number of anilines is 2. The van der Waals surface area contributed by atoms with Gasteiger partial charge in [0.05, 0.1) is 12.3 Å². The van der Waals surface area contributed by atoms with Crippen molar-refractivity contribution in [3.8, 4) is 11.3 Å². The van der Waals surface area contributed by atoms with Crippen LogP contribution in [0.5, 0.6) is 0 Å². The molecular formula is C17H14FN3O. The third-order valence-electron chi connectivity index (χ3n) is 3.14. The first-order chi connectivity index (χ1) is 10.7. The predicted octanol–water partition coefficient (Wildman–Crippen LogP) is 3.52. The molecule has 0 amide bonds. The van der Waals surface area contributed by atoms with Crippen LogP contribution in [-0.2, 0) is 6.61 Å². The molecule has 0 saturated heterocycles. The lowest BCUT2D eigenvalue weighted by Crippen LogP contribution is -1.98. The van der Waals surface area contributed by atoms with Gasteiger partial charge in [-0.1, -0.05) is 24.3 Å². The normalized spacial score (nSPS) is 10.5. The number of aliphatic hydroxyl groups excluding tert-OH is 1. The maximum atomic E-state index is 13.2. The molecule has 0 aliphatic rings. The molecule has 22 heavy (non-hydrogen) atoms. The van der Waals surface area contributed by atoms with E-state index >= 15 is 0 Å². The standard InChI is InChI=1S/C17H14FN3O/c18-14-5-2-6-15(10-14)20-17-19-8-7-16(21-17)13-4-1-3-12(9-13)11-22/h1-10,22H,11H2,(H,19,20,21). The number of aliphatic hydroxyl groups is 1. The Balaban J connectivity index is 1.89.